The fraction of sp³-hybridized carbons (Fsp3) is 0.150. The number of pyridine rings is 1. The van der Waals surface area contributed by atoms with E-state index in [0.29, 0.717) is 16.4 Å². The molecule has 0 radical (unpaired) electrons. The molecule has 28 heavy (non-hydrogen) atoms. The molecule has 3 heterocycles. The number of rotatable bonds is 5. The number of carbonyl (C=O) groups excluding carboxylic acids is 1. The van der Waals surface area contributed by atoms with Gasteiger partial charge < -0.3 is 4.74 Å². The van der Waals surface area contributed by atoms with Gasteiger partial charge in [-0.3, -0.25) is 19.0 Å². The van der Waals surface area contributed by atoms with Gasteiger partial charge in [0.15, 0.2) is 0 Å². The molecule has 1 aromatic carbocycles. The zero-order valence-corrected chi connectivity index (χ0v) is 15.8. The number of ether oxygens (including phenoxy) is 1. The molecule has 0 fully saturated rings. The fourth-order valence-electron chi connectivity index (χ4n) is 2.72. The van der Waals surface area contributed by atoms with Gasteiger partial charge in [0.2, 0.25) is 0 Å². The van der Waals surface area contributed by atoms with Crippen molar-refractivity contribution in [2.75, 3.05) is 5.75 Å². The first-order valence-corrected chi connectivity index (χ1v) is 9.57. The second-order valence-corrected chi connectivity index (χ2v) is 7.11. The second kappa shape index (κ2) is 7.77. The van der Waals surface area contributed by atoms with Crippen molar-refractivity contribution < 1.29 is 9.53 Å². The van der Waals surface area contributed by atoms with E-state index in [1.54, 1.807) is 18.5 Å². The molecule has 0 N–H and O–H groups in total. The highest BCUT2D eigenvalue weighted by Gasteiger charge is 2.09. The predicted molar refractivity (Wildman–Crippen MR) is 106 cm³/mol. The third-order valence-electron chi connectivity index (χ3n) is 4.08. The molecule has 0 saturated carbocycles. The number of aryl methyl sites for hydroxylation is 1. The van der Waals surface area contributed by atoms with E-state index >= 15 is 0 Å². The summed E-state index contributed by atoms with van der Waals surface area (Å²) in [6.45, 7) is 1.82. The topological polar surface area (TPSA) is 86.5 Å². The summed E-state index contributed by atoms with van der Waals surface area (Å²) in [6, 6.07) is 12.6. The second-order valence-electron chi connectivity index (χ2n) is 6.12. The predicted octanol–water partition coefficient (Wildman–Crippen LogP) is 2.78. The highest BCUT2D eigenvalue weighted by Crippen LogP contribution is 2.18. The number of hydrogen-bond acceptors (Lipinski definition) is 7. The lowest BCUT2D eigenvalue weighted by molar-refractivity contribution is -0.141. The Kier molecular flexibility index (Phi) is 5.03. The van der Waals surface area contributed by atoms with Gasteiger partial charge in [0.1, 0.15) is 17.3 Å². The zero-order valence-electron chi connectivity index (χ0n) is 15.0. The summed E-state index contributed by atoms with van der Waals surface area (Å²) in [5, 5.41) is 0.647. The molecule has 0 bridgehead atoms. The number of nitrogens with zero attached hydrogens (tertiary/aromatic N) is 4. The molecular weight excluding hydrogens is 376 g/mol. The van der Waals surface area contributed by atoms with Gasteiger partial charge in [0, 0.05) is 12.3 Å². The Bertz CT molecular complexity index is 1240. The first kappa shape index (κ1) is 18.1. The quantitative estimate of drug-likeness (QED) is 0.381. The lowest BCUT2D eigenvalue weighted by Gasteiger charge is -2.07. The Balaban J connectivity index is 1.39. The van der Waals surface area contributed by atoms with Gasteiger partial charge in [0.25, 0.3) is 5.56 Å². The maximum Gasteiger partial charge on any atom is 0.316 e. The largest absolute Gasteiger partial charge is 0.459 e. The van der Waals surface area contributed by atoms with Crippen LogP contribution < -0.4 is 5.56 Å². The molecule has 4 aromatic rings. The van der Waals surface area contributed by atoms with Gasteiger partial charge in [-0.05, 0) is 30.7 Å². The molecule has 7 nitrogen and oxygen atoms in total. The maximum atomic E-state index is 12.2. The molecule has 0 saturated heterocycles. The Morgan fingerprint density at radius 2 is 1.96 bits per heavy atom. The summed E-state index contributed by atoms with van der Waals surface area (Å²) in [6.07, 6.45) is 3.30. The third kappa shape index (κ3) is 3.86. The van der Waals surface area contributed by atoms with E-state index in [4.69, 9.17) is 4.74 Å². The number of aromatic nitrogens is 4. The van der Waals surface area contributed by atoms with E-state index in [1.165, 1.54) is 22.2 Å². The van der Waals surface area contributed by atoms with E-state index in [1.807, 2.05) is 37.3 Å². The van der Waals surface area contributed by atoms with E-state index < -0.39 is 5.97 Å². The minimum atomic E-state index is -0.410. The van der Waals surface area contributed by atoms with Gasteiger partial charge in [-0.2, -0.15) is 0 Å². The van der Waals surface area contributed by atoms with Gasteiger partial charge in [0.05, 0.1) is 28.7 Å². The van der Waals surface area contributed by atoms with Crippen LogP contribution in [0.4, 0.5) is 0 Å². The van der Waals surface area contributed by atoms with Crippen molar-refractivity contribution >= 4 is 34.4 Å². The minimum absolute atomic E-state index is 0.0527. The molecular formula is C20H16N4O3S. The zero-order chi connectivity index (χ0) is 19.5. The summed E-state index contributed by atoms with van der Waals surface area (Å²) < 4.78 is 6.73. The Labute approximate surface area is 164 Å². The summed E-state index contributed by atoms with van der Waals surface area (Å²) >= 11 is 1.25. The molecule has 0 aliphatic rings. The molecule has 0 aliphatic heterocycles. The number of thioether (sulfide) groups is 1. The van der Waals surface area contributed by atoms with Crippen LogP contribution in [0.25, 0.3) is 16.7 Å². The first-order chi connectivity index (χ1) is 13.6. The van der Waals surface area contributed by atoms with Crippen LogP contribution in [0.3, 0.4) is 0 Å². The minimum Gasteiger partial charge on any atom is -0.459 e. The number of para-hydroxylation sites is 2. The lowest BCUT2D eigenvalue weighted by Crippen LogP contribution is -2.17. The summed E-state index contributed by atoms with van der Waals surface area (Å²) in [5.41, 5.74) is 3.22. The van der Waals surface area contributed by atoms with Crippen molar-refractivity contribution in [1.82, 2.24) is 19.4 Å². The van der Waals surface area contributed by atoms with Crippen LogP contribution in [0.1, 0.15) is 11.3 Å². The summed E-state index contributed by atoms with van der Waals surface area (Å²) in [7, 11) is 0. The number of fused-ring (bicyclic) bond motifs is 2. The van der Waals surface area contributed by atoms with Crippen molar-refractivity contribution in [1.29, 1.82) is 0 Å². The van der Waals surface area contributed by atoms with Crippen LogP contribution in [-0.2, 0) is 16.1 Å². The molecule has 0 amide bonds. The Hall–Kier alpha value is -3.26. The first-order valence-electron chi connectivity index (χ1n) is 8.58. The smallest absolute Gasteiger partial charge is 0.316 e. The molecule has 3 aromatic heterocycles. The molecule has 0 spiro atoms. The van der Waals surface area contributed by atoms with Crippen molar-refractivity contribution in [3.05, 3.63) is 76.5 Å². The molecule has 140 valence electrons. The van der Waals surface area contributed by atoms with Crippen molar-refractivity contribution in [3.8, 4) is 0 Å². The maximum absolute atomic E-state index is 12.2. The Morgan fingerprint density at radius 3 is 2.82 bits per heavy atom. The molecule has 0 aliphatic carbocycles. The molecule has 4 rings (SSSR count). The molecule has 0 unspecified atom stereocenters. The highest BCUT2D eigenvalue weighted by atomic mass is 32.2. The molecule has 0 atom stereocenters. The van der Waals surface area contributed by atoms with Crippen molar-refractivity contribution in [2.45, 2.75) is 18.6 Å². The van der Waals surface area contributed by atoms with Crippen LogP contribution >= 0.6 is 11.8 Å². The van der Waals surface area contributed by atoms with Crippen LogP contribution in [0.5, 0.6) is 0 Å². The van der Waals surface area contributed by atoms with Crippen LogP contribution in [0, 0.1) is 6.92 Å². The van der Waals surface area contributed by atoms with E-state index in [0.717, 1.165) is 16.6 Å². The number of hydrogen-bond donors (Lipinski definition) is 0. The number of esters is 1. The monoisotopic (exact) mass is 392 g/mol. The van der Waals surface area contributed by atoms with Gasteiger partial charge >= 0.3 is 5.97 Å². The number of carbonyl (C=O) groups is 1. The van der Waals surface area contributed by atoms with Crippen LogP contribution in [0.2, 0.25) is 0 Å². The average Bonchev–Trinajstić information content (AvgIpc) is 2.71. The normalized spacial score (nSPS) is 11.0. The van der Waals surface area contributed by atoms with E-state index in [2.05, 4.69) is 15.0 Å². The van der Waals surface area contributed by atoms with Crippen LogP contribution in [-0.4, -0.2) is 31.1 Å². The SMILES string of the molecule is Cc1cccn2c(=O)cc(COC(=O)CSc3cnc4ccccc4n3)nc12. The van der Waals surface area contributed by atoms with Crippen molar-refractivity contribution in [3.63, 3.8) is 0 Å². The van der Waals surface area contributed by atoms with Gasteiger partial charge in [-0.25, -0.2) is 9.97 Å². The van der Waals surface area contributed by atoms with Crippen LogP contribution in [0.15, 0.2) is 64.7 Å². The van der Waals surface area contributed by atoms with E-state index in [9.17, 15) is 9.59 Å². The average molecular weight is 392 g/mol. The van der Waals surface area contributed by atoms with Gasteiger partial charge in [-0.15, -0.1) is 0 Å². The Morgan fingerprint density at radius 1 is 1.14 bits per heavy atom. The summed E-state index contributed by atoms with van der Waals surface area (Å²) in [4.78, 5) is 37.4. The van der Waals surface area contributed by atoms with E-state index in [-0.39, 0.29) is 17.9 Å². The summed E-state index contributed by atoms with van der Waals surface area (Å²) in [5.74, 6) is -0.315. The van der Waals surface area contributed by atoms with Gasteiger partial charge in [-0.1, -0.05) is 30.0 Å². The standard InChI is InChI=1S/C20H16N4O3S/c1-13-5-4-8-24-18(25)9-14(22-20(13)24)11-27-19(26)12-28-17-10-21-15-6-2-3-7-16(15)23-17/h2-10H,11-12H2,1H3. The fourth-order valence-corrected chi connectivity index (χ4v) is 3.36. The molecule has 8 heteroatoms. The van der Waals surface area contributed by atoms with Crippen molar-refractivity contribution in [2.24, 2.45) is 0 Å². The number of benzene rings is 1. The lowest BCUT2D eigenvalue weighted by atomic mass is 10.3. The highest BCUT2D eigenvalue weighted by molar-refractivity contribution is 7.99. The third-order valence-corrected chi connectivity index (χ3v) is 4.96.